The lowest BCUT2D eigenvalue weighted by molar-refractivity contribution is -0.155. The second kappa shape index (κ2) is 12.6. The Labute approximate surface area is 222 Å². The van der Waals surface area contributed by atoms with Gasteiger partial charge in [0.25, 0.3) is 0 Å². The molecule has 1 amide bonds. The molecule has 0 aliphatic carbocycles. The van der Waals surface area contributed by atoms with Crippen molar-refractivity contribution >= 4 is 29.6 Å². The Morgan fingerprint density at radius 2 is 1.22 bits per heavy atom. The van der Waals surface area contributed by atoms with Crippen molar-refractivity contribution in [2.45, 2.75) is 50.0 Å². The number of nitrogens with one attached hydrogen (secondary N) is 1. The molecule has 2 N–H and O–H groups in total. The first-order valence-corrected chi connectivity index (χ1v) is 13.1. The summed E-state index contributed by atoms with van der Waals surface area (Å²) in [7, 11) is 0. The van der Waals surface area contributed by atoms with Gasteiger partial charge in [-0.15, -0.1) is 11.8 Å². The van der Waals surface area contributed by atoms with Crippen LogP contribution in [0.5, 0.6) is 0 Å². The van der Waals surface area contributed by atoms with Crippen molar-refractivity contribution in [1.82, 2.24) is 5.32 Å². The number of esters is 1. The number of hydrogen-bond donors (Lipinski definition) is 2. The number of ether oxygens (including phenoxy) is 1. The standard InChI is InChI=1S/C30H33NO5S/c1-29(2,3)36-27(33)20-19-26(32)31-25(28(34)35)21-37-30(22-13-7-4-8-14-22,23-15-9-5-10-16-23)24-17-11-6-12-18-24/h4-18,25H,19-21H2,1-3H3,(H,31,32)(H,34,35). The zero-order valence-electron chi connectivity index (χ0n) is 21.3. The summed E-state index contributed by atoms with van der Waals surface area (Å²) in [5.74, 6) is -2.04. The molecule has 0 saturated carbocycles. The van der Waals surface area contributed by atoms with Crippen LogP contribution in [0.4, 0.5) is 0 Å². The van der Waals surface area contributed by atoms with E-state index in [1.165, 1.54) is 11.8 Å². The van der Waals surface area contributed by atoms with Crippen molar-refractivity contribution in [2.75, 3.05) is 5.75 Å². The van der Waals surface area contributed by atoms with Gasteiger partial charge in [0.1, 0.15) is 11.6 Å². The minimum atomic E-state index is -1.15. The Balaban J connectivity index is 1.87. The van der Waals surface area contributed by atoms with Crippen molar-refractivity contribution in [3.63, 3.8) is 0 Å². The molecule has 0 aromatic heterocycles. The SMILES string of the molecule is CC(C)(C)OC(=O)CCC(=O)NC(CSC(c1ccccc1)(c1ccccc1)c1ccccc1)C(=O)O. The minimum Gasteiger partial charge on any atom is -0.480 e. The smallest absolute Gasteiger partial charge is 0.327 e. The van der Waals surface area contributed by atoms with E-state index in [1.54, 1.807) is 20.8 Å². The molecule has 37 heavy (non-hydrogen) atoms. The quantitative estimate of drug-likeness (QED) is 0.260. The monoisotopic (exact) mass is 519 g/mol. The van der Waals surface area contributed by atoms with Gasteiger partial charge in [0.15, 0.2) is 0 Å². The Morgan fingerprint density at radius 3 is 1.59 bits per heavy atom. The van der Waals surface area contributed by atoms with Crippen LogP contribution in [-0.2, 0) is 23.9 Å². The maximum Gasteiger partial charge on any atom is 0.327 e. The Hall–Kier alpha value is -3.58. The Bertz CT molecular complexity index is 1080. The van der Waals surface area contributed by atoms with Crippen LogP contribution in [0.2, 0.25) is 0 Å². The molecule has 0 radical (unpaired) electrons. The van der Waals surface area contributed by atoms with Crippen LogP contribution in [0.1, 0.15) is 50.3 Å². The Kier molecular flexibility index (Phi) is 9.53. The van der Waals surface area contributed by atoms with Gasteiger partial charge in [0.2, 0.25) is 5.91 Å². The highest BCUT2D eigenvalue weighted by Gasteiger charge is 2.38. The van der Waals surface area contributed by atoms with E-state index in [-0.39, 0.29) is 18.6 Å². The van der Waals surface area contributed by atoms with Crippen molar-refractivity contribution in [1.29, 1.82) is 0 Å². The van der Waals surface area contributed by atoms with Gasteiger partial charge in [0.05, 0.1) is 11.2 Å². The minimum absolute atomic E-state index is 0.103. The van der Waals surface area contributed by atoms with Gasteiger partial charge in [-0.2, -0.15) is 0 Å². The highest BCUT2D eigenvalue weighted by molar-refractivity contribution is 8.00. The first-order valence-electron chi connectivity index (χ1n) is 12.2. The van der Waals surface area contributed by atoms with Gasteiger partial charge in [-0.1, -0.05) is 91.0 Å². The molecular formula is C30H33NO5S. The fourth-order valence-corrected chi connectivity index (χ4v) is 5.58. The summed E-state index contributed by atoms with van der Waals surface area (Å²) < 4.78 is 4.53. The molecule has 3 aromatic rings. The molecule has 0 saturated heterocycles. The van der Waals surface area contributed by atoms with Crippen LogP contribution in [0.25, 0.3) is 0 Å². The van der Waals surface area contributed by atoms with Gasteiger partial charge >= 0.3 is 11.9 Å². The first-order chi connectivity index (χ1) is 17.6. The predicted molar refractivity (Wildman–Crippen MR) is 146 cm³/mol. The molecule has 1 atom stereocenters. The van der Waals surface area contributed by atoms with Gasteiger partial charge in [-0.3, -0.25) is 9.59 Å². The van der Waals surface area contributed by atoms with Gasteiger partial charge in [-0.25, -0.2) is 4.79 Å². The van der Waals surface area contributed by atoms with Crippen LogP contribution in [0, 0.1) is 0 Å². The van der Waals surface area contributed by atoms with E-state index in [9.17, 15) is 19.5 Å². The van der Waals surface area contributed by atoms with Crippen molar-refractivity contribution < 1.29 is 24.2 Å². The third-order valence-corrected chi connectivity index (χ3v) is 7.26. The molecule has 0 fully saturated rings. The number of hydrogen-bond acceptors (Lipinski definition) is 5. The topological polar surface area (TPSA) is 92.7 Å². The predicted octanol–water partition coefficient (Wildman–Crippen LogP) is 5.40. The second-order valence-electron chi connectivity index (χ2n) is 9.64. The van der Waals surface area contributed by atoms with E-state index >= 15 is 0 Å². The summed E-state index contributed by atoms with van der Waals surface area (Å²) in [6, 6.07) is 28.6. The van der Waals surface area contributed by atoms with Gasteiger partial charge < -0.3 is 15.2 Å². The lowest BCUT2D eigenvalue weighted by Gasteiger charge is -2.36. The fourth-order valence-electron chi connectivity index (χ4n) is 4.03. The third-order valence-electron chi connectivity index (χ3n) is 5.62. The zero-order valence-corrected chi connectivity index (χ0v) is 22.2. The van der Waals surface area contributed by atoms with E-state index in [2.05, 4.69) is 5.32 Å². The molecular weight excluding hydrogens is 486 g/mol. The van der Waals surface area contributed by atoms with Gasteiger partial charge in [0, 0.05) is 12.2 Å². The van der Waals surface area contributed by atoms with Crippen LogP contribution >= 0.6 is 11.8 Å². The molecule has 3 aromatic carbocycles. The molecule has 7 heteroatoms. The van der Waals surface area contributed by atoms with Crippen molar-refractivity contribution in [3.05, 3.63) is 108 Å². The highest BCUT2D eigenvalue weighted by atomic mass is 32.2. The van der Waals surface area contributed by atoms with E-state index in [1.807, 2.05) is 91.0 Å². The molecule has 1 unspecified atom stereocenters. The average molecular weight is 520 g/mol. The van der Waals surface area contributed by atoms with Crippen LogP contribution in [0.15, 0.2) is 91.0 Å². The summed E-state index contributed by atoms with van der Waals surface area (Å²) in [6.45, 7) is 5.25. The summed E-state index contributed by atoms with van der Waals surface area (Å²) in [4.78, 5) is 36.7. The van der Waals surface area contributed by atoms with E-state index in [4.69, 9.17) is 4.74 Å². The molecule has 0 heterocycles. The number of aliphatic carboxylic acids is 1. The average Bonchev–Trinajstić information content (AvgIpc) is 2.88. The number of carboxylic acid groups (broad SMARTS) is 1. The number of rotatable bonds is 11. The molecule has 3 rings (SSSR count). The first kappa shape index (κ1) is 28.0. The summed E-state index contributed by atoms with van der Waals surface area (Å²) in [5, 5.41) is 12.5. The lowest BCUT2D eigenvalue weighted by atomic mass is 9.84. The molecule has 194 valence electrons. The normalized spacial score (nSPS) is 12.4. The van der Waals surface area contributed by atoms with Crippen LogP contribution in [-0.4, -0.2) is 40.3 Å². The largest absolute Gasteiger partial charge is 0.480 e. The zero-order chi connectivity index (χ0) is 26.9. The number of thioether (sulfide) groups is 1. The summed E-state index contributed by atoms with van der Waals surface area (Å²) in [5.41, 5.74) is 2.34. The number of carboxylic acids is 1. The molecule has 0 aliphatic heterocycles. The van der Waals surface area contributed by atoms with E-state index in [0.717, 1.165) is 16.7 Å². The van der Waals surface area contributed by atoms with E-state index in [0.29, 0.717) is 0 Å². The number of benzene rings is 3. The maximum absolute atomic E-state index is 12.6. The molecule has 0 spiro atoms. The Morgan fingerprint density at radius 1 is 0.784 bits per heavy atom. The van der Waals surface area contributed by atoms with Crippen molar-refractivity contribution in [3.8, 4) is 0 Å². The highest BCUT2D eigenvalue weighted by Crippen LogP contribution is 2.48. The third kappa shape index (κ3) is 7.70. The van der Waals surface area contributed by atoms with Crippen molar-refractivity contribution in [2.24, 2.45) is 0 Å². The fraction of sp³-hybridized carbons (Fsp3) is 0.300. The number of carbonyl (C=O) groups excluding carboxylic acids is 2. The number of amides is 1. The van der Waals surface area contributed by atoms with Crippen LogP contribution in [0.3, 0.4) is 0 Å². The molecule has 0 bridgehead atoms. The lowest BCUT2D eigenvalue weighted by Crippen LogP contribution is -2.44. The molecule has 6 nitrogen and oxygen atoms in total. The molecule has 0 aliphatic rings. The summed E-state index contributed by atoms with van der Waals surface area (Å²) >= 11 is 1.45. The number of carbonyl (C=O) groups is 3. The van der Waals surface area contributed by atoms with E-state index < -0.39 is 34.2 Å². The second-order valence-corrected chi connectivity index (χ2v) is 10.9. The van der Waals surface area contributed by atoms with Crippen LogP contribution < -0.4 is 5.32 Å². The van der Waals surface area contributed by atoms with Gasteiger partial charge in [-0.05, 0) is 37.5 Å². The maximum atomic E-state index is 12.6. The summed E-state index contributed by atoms with van der Waals surface area (Å²) in [6.07, 6.45) is -0.269.